The number of nitrogens with two attached hydrogens (primary N) is 1. The Balaban J connectivity index is 1.81. The Hall–Kier alpha value is -3.29. The van der Waals surface area contributed by atoms with E-state index in [1.54, 1.807) is 6.08 Å². The van der Waals surface area contributed by atoms with Crippen LogP contribution < -0.4 is 11.3 Å². The molecular formula is C14H12N6O2. The number of hydrogen-bond donors (Lipinski definition) is 2. The summed E-state index contributed by atoms with van der Waals surface area (Å²) < 4.78 is 1.16. The third kappa shape index (κ3) is 2.75. The molecule has 0 spiro atoms. The highest BCUT2D eigenvalue weighted by molar-refractivity contribution is 5.94. The number of aromatic amines is 1. The number of fused-ring (bicyclic) bond motifs is 1. The van der Waals surface area contributed by atoms with Gasteiger partial charge in [-0.15, -0.1) is 10.2 Å². The van der Waals surface area contributed by atoms with Gasteiger partial charge in [0.05, 0.1) is 6.42 Å². The molecule has 2 aromatic heterocycles. The fraction of sp³-hybridized carbons (Fsp3) is 0.0714. The summed E-state index contributed by atoms with van der Waals surface area (Å²) in [5, 5.41) is 9.75. The van der Waals surface area contributed by atoms with Gasteiger partial charge in [-0.2, -0.15) is 4.52 Å². The molecule has 0 bridgehead atoms. The summed E-state index contributed by atoms with van der Waals surface area (Å²) in [6.07, 6.45) is 2.98. The zero-order valence-corrected chi connectivity index (χ0v) is 11.4. The maximum atomic E-state index is 11.9. The quantitative estimate of drug-likeness (QED) is 0.665. The number of ketones is 1. The van der Waals surface area contributed by atoms with Crippen molar-refractivity contribution < 1.29 is 4.79 Å². The number of rotatable bonds is 4. The second kappa shape index (κ2) is 5.60. The fourth-order valence-corrected chi connectivity index (χ4v) is 1.90. The van der Waals surface area contributed by atoms with E-state index in [-0.39, 0.29) is 29.6 Å². The van der Waals surface area contributed by atoms with Gasteiger partial charge in [0.25, 0.3) is 11.3 Å². The van der Waals surface area contributed by atoms with E-state index >= 15 is 0 Å². The lowest BCUT2D eigenvalue weighted by atomic mass is 10.1. The second-order valence-electron chi connectivity index (χ2n) is 4.58. The number of anilines is 1. The number of nitrogens with zero attached hydrogens (tertiary/aromatic N) is 4. The predicted octanol–water partition coefficient (Wildman–Crippen LogP) is 0.220. The third-order valence-electron chi connectivity index (χ3n) is 2.98. The van der Waals surface area contributed by atoms with Crippen molar-refractivity contribution in [2.75, 3.05) is 5.73 Å². The number of benzene rings is 1. The van der Waals surface area contributed by atoms with Crippen molar-refractivity contribution in [1.82, 2.24) is 24.8 Å². The molecule has 0 aliphatic heterocycles. The maximum absolute atomic E-state index is 11.9. The number of carbonyl (C=O) groups is 1. The minimum Gasteiger partial charge on any atom is -0.366 e. The minimum absolute atomic E-state index is 0.0291. The van der Waals surface area contributed by atoms with Crippen LogP contribution >= 0.6 is 0 Å². The van der Waals surface area contributed by atoms with E-state index in [0.717, 1.165) is 10.1 Å². The van der Waals surface area contributed by atoms with Gasteiger partial charge in [0, 0.05) is 0 Å². The standard InChI is InChI=1S/C14H12N6O2/c15-13-17-18-14-16-11(12(22)19-20(13)14)8-10(21)7-6-9-4-2-1-3-5-9/h1-7H,8H2,(H2,15,17)(H,19,22)/b7-6+. The van der Waals surface area contributed by atoms with Gasteiger partial charge in [0.15, 0.2) is 5.78 Å². The Morgan fingerprint density at radius 2 is 2.05 bits per heavy atom. The van der Waals surface area contributed by atoms with Gasteiger partial charge < -0.3 is 5.73 Å². The first-order chi connectivity index (χ1) is 10.6. The molecule has 22 heavy (non-hydrogen) atoms. The number of hydrogen-bond acceptors (Lipinski definition) is 6. The second-order valence-corrected chi connectivity index (χ2v) is 4.58. The molecular weight excluding hydrogens is 284 g/mol. The van der Waals surface area contributed by atoms with Crippen LogP contribution in [0, 0.1) is 0 Å². The Morgan fingerprint density at radius 1 is 1.27 bits per heavy atom. The van der Waals surface area contributed by atoms with Crippen LogP contribution in [-0.4, -0.2) is 30.6 Å². The highest BCUT2D eigenvalue weighted by Crippen LogP contribution is 2.03. The van der Waals surface area contributed by atoms with Crippen LogP contribution in [0.2, 0.25) is 0 Å². The van der Waals surface area contributed by atoms with E-state index in [4.69, 9.17) is 5.73 Å². The average molecular weight is 296 g/mol. The zero-order valence-electron chi connectivity index (χ0n) is 11.4. The number of nitrogens with one attached hydrogen (secondary N) is 1. The molecule has 3 N–H and O–H groups in total. The van der Waals surface area contributed by atoms with Crippen LogP contribution in [0.25, 0.3) is 11.9 Å². The topological polar surface area (TPSA) is 119 Å². The summed E-state index contributed by atoms with van der Waals surface area (Å²) in [5.74, 6) is -0.0629. The summed E-state index contributed by atoms with van der Waals surface area (Å²) >= 11 is 0. The van der Waals surface area contributed by atoms with Gasteiger partial charge in [-0.05, 0) is 11.6 Å². The molecule has 8 nitrogen and oxygen atoms in total. The van der Waals surface area contributed by atoms with Gasteiger partial charge in [-0.25, -0.2) is 4.98 Å². The van der Waals surface area contributed by atoms with Crippen LogP contribution in [0.1, 0.15) is 11.3 Å². The molecule has 0 aliphatic rings. The molecule has 0 fully saturated rings. The molecule has 8 heteroatoms. The molecule has 0 saturated carbocycles. The Labute approximate surface area is 124 Å². The van der Waals surface area contributed by atoms with E-state index in [1.807, 2.05) is 30.3 Å². The molecule has 0 aliphatic carbocycles. The first-order valence-electron chi connectivity index (χ1n) is 6.49. The van der Waals surface area contributed by atoms with E-state index in [0.29, 0.717) is 0 Å². The SMILES string of the molecule is Nc1nnc2nc(CC(=O)/C=C/c3ccccc3)c(=O)[nH]n12. The van der Waals surface area contributed by atoms with E-state index in [2.05, 4.69) is 20.3 Å². The smallest absolute Gasteiger partial charge is 0.285 e. The lowest BCUT2D eigenvalue weighted by molar-refractivity contribution is -0.114. The molecule has 0 radical (unpaired) electrons. The minimum atomic E-state index is -0.500. The van der Waals surface area contributed by atoms with Crippen LogP contribution in [0.15, 0.2) is 41.2 Å². The number of carbonyl (C=O) groups excluding carboxylic acids is 1. The predicted molar refractivity (Wildman–Crippen MR) is 80.0 cm³/mol. The van der Waals surface area contributed by atoms with Gasteiger partial charge in [-0.3, -0.25) is 14.7 Å². The van der Waals surface area contributed by atoms with Crippen molar-refractivity contribution in [2.45, 2.75) is 6.42 Å². The first-order valence-corrected chi connectivity index (χ1v) is 6.49. The molecule has 0 atom stereocenters. The van der Waals surface area contributed by atoms with Crippen molar-refractivity contribution >= 4 is 23.6 Å². The highest BCUT2D eigenvalue weighted by Gasteiger charge is 2.11. The molecule has 3 rings (SSSR count). The summed E-state index contributed by atoms with van der Waals surface area (Å²) in [5.41, 5.74) is 5.98. The largest absolute Gasteiger partial charge is 0.366 e. The maximum Gasteiger partial charge on any atom is 0.285 e. The van der Waals surface area contributed by atoms with Crippen molar-refractivity contribution in [3.63, 3.8) is 0 Å². The van der Waals surface area contributed by atoms with Crippen LogP contribution in [0.4, 0.5) is 5.95 Å². The van der Waals surface area contributed by atoms with E-state index < -0.39 is 5.56 Å². The monoisotopic (exact) mass is 296 g/mol. The summed E-state index contributed by atoms with van der Waals surface area (Å²) in [6, 6.07) is 9.39. The third-order valence-corrected chi connectivity index (χ3v) is 2.98. The van der Waals surface area contributed by atoms with Crippen molar-refractivity contribution in [3.8, 4) is 0 Å². The number of H-pyrrole nitrogens is 1. The number of aromatic nitrogens is 5. The van der Waals surface area contributed by atoms with Crippen molar-refractivity contribution in [2.24, 2.45) is 0 Å². The van der Waals surface area contributed by atoms with Crippen LogP contribution in [0.5, 0.6) is 0 Å². The van der Waals surface area contributed by atoms with E-state index in [9.17, 15) is 9.59 Å². The normalized spacial score (nSPS) is 11.3. The van der Waals surface area contributed by atoms with Crippen LogP contribution in [-0.2, 0) is 11.2 Å². The van der Waals surface area contributed by atoms with Gasteiger partial charge in [0.2, 0.25) is 5.95 Å². The first kappa shape index (κ1) is 13.7. The highest BCUT2D eigenvalue weighted by atomic mass is 16.1. The van der Waals surface area contributed by atoms with Gasteiger partial charge in [0.1, 0.15) is 5.69 Å². The molecule has 1 aromatic carbocycles. The van der Waals surface area contributed by atoms with Crippen molar-refractivity contribution in [1.29, 1.82) is 0 Å². The lowest BCUT2D eigenvalue weighted by Crippen LogP contribution is -2.21. The van der Waals surface area contributed by atoms with Crippen molar-refractivity contribution in [3.05, 3.63) is 58.0 Å². The Kier molecular flexibility index (Phi) is 3.48. The molecule has 0 unspecified atom stereocenters. The number of allylic oxidation sites excluding steroid dienone is 1. The van der Waals surface area contributed by atoms with E-state index in [1.165, 1.54) is 6.08 Å². The molecule has 0 amide bonds. The van der Waals surface area contributed by atoms with Gasteiger partial charge in [-0.1, -0.05) is 36.4 Å². The summed E-state index contributed by atoms with van der Waals surface area (Å²) in [4.78, 5) is 27.8. The van der Waals surface area contributed by atoms with Crippen LogP contribution in [0.3, 0.4) is 0 Å². The molecule has 3 aromatic rings. The van der Waals surface area contributed by atoms with Gasteiger partial charge >= 0.3 is 0 Å². The lowest BCUT2D eigenvalue weighted by Gasteiger charge is -1.98. The molecule has 0 saturated heterocycles. The fourth-order valence-electron chi connectivity index (χ4n) is 1.90. The molecule has 110 valence electrons. The molecule has 2 heterocycles. The zero-order chi connectivity index (χ0) is 15.5. The Morgan fingerprint density at radius 3 is 2.82 bits per heavy atom. The average Bonchev–Trinajstić information content (AvgIpc) is 2.87. The summed E-state index contributed by atoms with van der Waals surface area (Å²) in [7, 11) is 0. The Bertz CT molecular complexity index is 910. The summed E-state index contributed by atoms with van der Waals surface area (Å²) in [6.45, 7) is 0. The number of nitrogen functional groups attached to an aromatic ring is 1.